The molecular formula is C20H36O. The van der Waals surface area contributed by atoms with E-state index in [9.17, 15) is 5.11 Å². The van der Waals surface area contributed by atoms with E-state index in [-0.39, 0.29) is 0 Å². The molecule has 0 heterocycles. The van der Waals surface area contributed by atoms with E-state index in [1.807, 2.05) is 0 Å². The van der Waals surface area contributed by atoms with Crippen molar-refractivity contribution in [3.05, 3.63) is 12.7 Å². The summed E-state index contributed by atoms with van der Waals surface area (Å²) in [5.74, 6) is 1.76. The van der Waals surface area contributed by atoms with Crippen molar-refractivity contribution in [2.24, 2.45) is 28.6 Å². The maximum Gasteiger partial charge on any atom is 0.0653 e. The fraction of sp³-hybridized carbons (Fsp3) is 0.900. The van der Waals surface area contributed by atoms with Crippen LogP contribution in [0.1, 0.15) is 79.6 Å². The molecule has 0 amide bonds. The molecule has 122 valence electrons. The van der Waals surface area contributed by atoms with E-state index < -0.39 is 5.60 Å². The Hall–Kier alpha value is -0.300. The Bertz CT molecular complexity index is 381. The second-order valence-electron chi connectivity index (χ2n) is 9.14. The van der Waals surface area contributed by atoms with Crippen LogP contribution in [0.2, 0.25) is 0 Å². The summed E-state index contributed by atoms with van der Waals surface area (Å²) in [4.78, 5) is 0. The lowest BCUT2D eigenvalue weighted by Gasteiger charge is -2.61. The zero-order valence-electron chi connectivity index (χ0n) is 14.9. The molecular weight excluding hydrogens is 256 g/mol. The third-order valence-electron chi connectivity index (χ3n) is 7.07. The average molecular weight is 293 g/mol. The van der Waals surface area contributed by atoms with Crippen LogP contribution in [0.15, 0.2) is 12.7 Å². The maximum atomic E-state index is 11.1. The first kappa shape index (κ1) is 17.1. The lowest BCUT2D eigenvalue weighted by molar-refractivity contribution is -0.169. The molecule has 0 aliphatic heterocycles. The monoisotopic (exact) mass is 292 g/mol. The number of hydrogen-bond donors (Lipinski definition) is 1. The van der Waals surface area contributed by atoms with Gasteiger partial charge in [0, 0.05) is 0 Å². The van der Waals surface area contributed by atoms with Crippen molar-refractivity contribution in [3.63, 3.8) is 0 Å². The Morgan fingerprint density at radius 3 is 2.48 bits per heavy atom. The summed E-state index contributed by atoms with van der Waals surface area (Å²) in [5, 5.41) is 11.1. The van der Waals surface area contributed by atoms with Gasteiger partial charge in [0.1, 0.15) is 0 Å². The van der Waals surface area contributed by atoms with Gasteiger partial charge in [-0.15, -0.1) is 6.58 Å². The molecule has 0 saturated heterocycles. The van der Waals surface area contributed by atoms with Crippen LogP contribution in [0.5, 0.6) is 0 Å². The van der Waals surface area contributed by atoms with Crippen LogP contribution in [0.25, 0.3) is 0 Å². The van der Waals surface area contributed by atoms with Gasteiger partial charge in [0.25, 0.3) is 0 Å². The Labute approximate surface area is 132 Å². The molecule has 2 saturated carbocycles. The minimum atomic E-state index is -0.487. The topological polar surface area (TPSA) is 20.2 Å². The Kier molecular flexibility index (Phi) is 4.65. The summed E-state index contributed by atoms with van der Waals surface area (Å²) >= 11 is 0. The molecule has 0 aromatic rings. The van der Waals surface area contributed by atoms with Gasteiger partial charge in [-0.1, -0.05) is 40.2 Å². The van der Waals surface area contributed by atoms with Crippen molar-refractivity contribution < 1.29 is 5.11 Å². The van der Waals surface area contributed by atoms with Gasteiger partial charge >= 0.3 is 0 Å². The second-order valence-corrected chi connectivity index (χ2v) is 9.14. The van der Waals surface area contributed by atoms with E-state index in [0.717, 1.165) is 25.2 Å². The van der Waals surface area contributed by atoms with Crippen LogP contribution in [0.4, 0.5) is 0 Å². The lowest BCUT2D eigenvalue weighted by atomic mass is 9.45. The quantitative estimate of drug-likeness (QED) is 0.670. The summed E-state index contributed by atoms with van der Waals surface area (Å²) in [6.07, 6.45) is 10.5. The molecule has 1 nitrogen and oxygen atoms in total. The molecule has 5 atom stereocenters. The molecule has 0 aromatic carbocycles. The van der Waals surface area contributed by atoms with Gasteiger partial charge in [0.2, 0.25) is 0 Å². The summed E-state index contributed by atoms with van der Waals surface area (Å²) in [5.41, 5.74) is 0.260. The molecule has 2 aliphatic rings. The van der Waals surface area contributed by atoms with Crippen LogP contribution in [-0.2, 0) is 0 Å². The van der Waals surface area contributed by atoms with E-state index in [0.29, 0.717) is 22.7 Å². The largest absolute Gasteiger partial charge is 0.390 e. The van der Waals surface area contributed by atoms with E-state index in [2.05, 4.69) is 47.3 Å². The molecule has 0 aromatic heterocycles. The summed E-state index contributed by atoms with van der Waals surface area (Å²) in [6.45, 7) is 15.7. The highest BCUT2D eigenvalue weighted by atomic mass is 16.3. The molecule has 2 aliphatic carbocycles. The van der Waals surface area contributed by atoms with Crippen LogP contribution >= 0.6 is 0 Å². The van der Waals surface area contributed by atoms with Gasteiger partial charge in [-0.05, 0) is 74.0 Å². The lowest BCUT2D eigenvalue weighted by Crippen LogP contribution is -2.57. The Morgan fingerprint density at radius 1 is 1.19 bits per heavy atom. The van der Waals surface area contributed by atoms with Crippen LogP contribution in [-0.4, -0.2) is 10.7 Å². The van der Waals surface area contributed by atoms with E-state index in [1.165, 1.54) is 25.7 Å². The van der Waals surface area contributed by atoms with E-state index >= 15 is 0 Å². The first-order valence-corrected chi connectivity index (χ1v) is 8.98. The fourth-order valence-electron chi connectivity index (χ4n) is 5.81. The van der Waals surface area contributed by atoms with Gasteiger partial charge < -0.3 is 5.11 Å². The molecule has 1 N–H and O–H groups in total. The summed E-state index contributed by atoms with van der Waals surface area (Å²) < 4.78 is 0. The van der Waals surface area contributed by atoms with Crippen molar-refractivity contribution in [1.29, 1.82) is 0 Å². The number of aliphatic hydroxyl groups is 1. The third-order valence-corrected chi connectivity index (χ3v) is 7.07. The zero-order valence-corrected chi connectivity index (χ0v) is 14.9. The molecule has 21 heavy (non-hydrogen) atoms. The standard InChI is InChI=1S/C20H36O/c1-7-15(2)9-10-17-19(5)13-8-12-18(3,4)16(19)11-14-20(17,6)21/h7,15-17,21H,1,8-14H2,2-6H3. The van der Waals surface area contributed by atoms with Gasteiger partial charge in [0.15, 0.2) is 0 Å². The van der Waals surface area contributed by atoms with Crippen molar-refractivity contribution in [2.75, 3.05) is 0 Å². The summed E-state index contributed by atoms with van der Waals surface area (Å²) in [7, 11) is 0. The number of rotatable bonds is 4. The van der Waals surface area contributed by atoms with Crippen LogP contribution < -0.4 is 0 Å². The molecule has 5 unspecified atom stereocenters. The minimum absolute atomic E-state index is 0.310. The van der Waals surface area contributed by atoms with Crippen molar-refractivity contribution in [2.45, 2.75) is 85.2 Å². The van der Waals surface area contributed by atoms with E-state index in [4.69, 9.17) is 0 Å². The zero-order chi connectivity index (χ0) is 15.9. The van der Waals surface area contributed by atoms with Crippen LogP contribution in [0.3, 0.4) is 0 Å². The number of hydrogen-bond acceptors (Lipinski definition) is 1. The minimum Gasteiger partial charge on any atom is -0.390 e. The van der Waals surface area contributed by atoms with Gasteiger partial charge in [-0.25, -0.2) is 0 Å². The first-order chi connectivity index (χ1) is 9.63. The van der Waals surface area contributed by atoms with Gasteiger partial charge in [-0.2, -0.15) is 0 Å². The Morgan fingerprint density at radius 2 is 1.86 bits per heavy atom. The maximum absolute atomic E-state index is 11.1. The van der Waals surface area contributed by atoms with Gasteiger partial charge in [0.05, 0.1) is 5.60 Å². The summed E-state index contributed by atoms with van der Waals surface area (Å²) in [6, 6.07) is 0. The number of allylic oxidation sites excluding steroid dienone is 1. The van der Waals surface area contributed by atoms with Crippen molar-refractivity contribution in [1.82, 2.24) is 0 Å². The molecule has 1 heteroatoms. The predicted molar refractivity (Wildman–Crippen MR) is 91.2 cm³/mol. The highest BCUT2D eigenvalue weighted by Gasteiger charge is 2.57. The van der Waals surface area contributed by atoms with Crippen molar-refractivity contribution >= 4 is 0 Å². The fourth-order valence-corrected chi connectivity index (χ4v) is 5.81. The van der Waals surface area contributed by atoms with Crippen LogP contribution in [0, 0.1) is 28.6 Å². The van der Waals surface area contributed by atoms with Gasteiger partial charge in [-0.3, -0.25) is 0 Å². The smallest absolute Gasteiger partial charge is 0.0653 e. The molecule has 0 bridgehead atoms. The highest BCUT2D eigenvalue weighted by Crippen LogP contribution is 2.62. The molecule has 0 spiro atoms. The normalized spacial score (nSPS) is 43.9. The number of fused-ring (bicyclic) bond motifs is 1. The SMILES string of the molecule is C=CC(C)CCC1C(C)(O)CCC2C(C)(C)CCCC21C. The second kappa shape index (κ2) is 5.72. The Balaban J connectivity index is 2.26. The highest BCUT2D eigenvalue weighted by molar-refractivity contribution is 5.07. The van der Waals surface area contributed by atoms with Crippen molar-refractivity contribution in [3.8, 4) is 0 Å². The van der Waals surface area contributed by atoms with E-state index in [1.54, 1.807) is 0 Å². The first-order valence-electron chi connectivity index (χ1n) is 8.98. The third kappa shape index (κ3) is 3.09. The molecule has 2 fully saturated rings. The average Bonchev–Trinajstić information content (AvgIpc) is 2.35. The molecule has 0 radical (unpaired) electrons. The predicted octanol–water partition coefficient (Wildman–Crippen LogP) is 5.58. The molecule has 2 rings (SSSR count).